The number of carbonyl (C=O) groups excluding carboxylic acids is 1. The van der Waals surface area contributed by atoms with E-state index in [0.717, 1.165) is 32.5 Å². The number of benzene rings is 2. The van der Waals surface area contributed by atoms with Crippen LogP contribution in [0.4, 0.5) is 4.39 Å². The summed E-state index contributed by atoms with van der Waals surface area (Å²) in [5.74, 6) is 0.107. The third kappa shape index (κ3) is 3.70. The lowest BCUT2D eigenvalue weighted by molar-refractivity contribution is -0.0109. The van der Waals surface area contributed by atoms with Crippen LogP contribution >= 0.6 is 12.4 Å². The number of fused-ring (bicyclic) bond motifs is 1. The maximum atomic E-state index is 13.5. The molecule has 1 spiro atoms. The fraction of sp³-hybridized carbons (Fsp3) is 0.350. The average molecular weight is 362 g/mol. The lowest BCUT2D eigenvalue weighted by Crippen LogP contribution is -2.50. The molecule has 1 fully saturated rings. The van der Waals surface area contributed by atoms with Gasteiger partial charge in [-0.25, -0.2) is 4.39 Å². The molecule has 4 rings (SSSR count). The SMILES string of the molecule is Cl.O=C1CC2(CCN(Cc3ccccc3)CC2)Oc2cc(F)ccc21. The maximum Gasteiger partial charge on any atom is 0.170 e. The number of nitrogens with zero attached hydrogens (tertiary/aromatic N) is 1. The molecule has 2 aliphatic rings. The number of hydrogen-bond acceptors (Lipinski definition) is 3. The number of ether oxygens (including phenoxy) is 1. The van der Waals surface area contributed by atoms with Gasteiger partial charge in [-0.3, -0.25) is 9.69 Å². The van der Waals surface area contributed by atoms with Crippen LogP contribution in [0.2, 0.25) is 0 Å². The Morgan fingerprint density at radius 2 is 1.80 bits per heavy atom. The molecular formula is C20H21ClFNO2. The van der Waals surface area contributed by atoms with E-state index in [9.17, 15) is 9.18 Å². The summed E-state index contributed by atoms with van der Waals surface area (Å²) >= 11 is 0. The molecule has 25 heavy (non-hydrogen) atoms. The van der Waals surface area contributed by atoms with Crippen LogP contribution in [-0.4, -0.2) is 29.4 Å². The van der Waals surface area contributed by atoms with Gasteiger partial charge in [-0.05, 0) is 17.7 Å². The van der Waals surface area contributed by atoms with Crippen LogP contribution in [0.5, 0.6) is 5.75 Å². The topological polar surface area (TPSA) is 29.5 Å². The molecule has 132 valence electrons. The molecule has 0 unspecified atom stereocenters. The van der Waals surface area contributed by atoms with Crippen molar-refractivity contribution in [3.63, 3.8) is 0 Å². The highest BCUT2D eigenvalue weighted by atomic mass is 35.5. The highest BCUT2D eigenvalue weighted by Gasteiger charge is 2.42. The molecule has 2 heterocycles. The molecule has 0 N–H and O–H groups in total. The first-order valence-corrected chi connectivity index (χ1v) is 8.42. The Morgan fingerprint density at radius 1 is 1.08 bits per heavy atom. The first-order chi connectivity index (χ1) is 11.6. The van der Waals surface area contributed by atoms with Gasteiger partial charge in [-0.15, -0.1) is 12.4 Å². The summed E-state index contributed by atoms with van der Waals surface area (Å²) in [5, 5.41) is 0. The van der Waals surface area contributed by atoms with Gasteiger partial charge in [-0.2, -0.15) is 0 Å². The first-order valence-electron chi connectivity index (χ1n) is 8.42. The number of ketones is 1. The summed E-state index contributed by atoms with van der Waals surface area (Å²) in [4.78, 5) is 14.8. The van der Waals surface area contributed by atoms with Crippen LogP contribution in [0.3, 0.4) is 0 Å². The highest BCUT2D eigenvalue weighted by molar-refractivity contribution is 6.00. The molecule has 0 radical (unpaired) electrons. The predicted molar refractivity (Wildman–Crippen MR) is 96.9 cm³/mol. The highest BCUT2D eigenvalue weighted by Crippen LogP contribution is 2.39. The van der Waals surface area contributed by atoms with E-state index in [2.05, 4.69) is 29.2 Å². The van der Waals surface area contributed by atoms with E-state index < -0.39 is 5.60 Å². The fourth-order valence-corrected chi connectivity index (χ4v) is 3.71. The molecule has 0 aliphatic carbocycles. The molecule has 0 aromatic heterocycles. The summed E-state index contributed by atoms with van der Waals surface area (Å²) in [7, 11) is 0. The fourth-order valence-electron chi connectivity index (χ4n) is 3.71. The Bertz CT molecular complexity index is 758. The van der Waals surface area contributed by atoms with Crippen molar-refractivity contribution in [2.75, 3.05) is 13.1 Å². The second-order valence-corrected chi connectivity index (χ2v) is 6.79. The number of Topliss-reactive ketones (excluding diaryl/α,β-unsaturated/α-hetero) is 1. The molecular weight excluding hydrogens is 341 g/mol. The summed E-state index contributed by atoms with van der Waals surface area (Å²) in [6, 6.07) is 14.6. The molecule has 0 bridgehead atoms. The molecule has 0 atom stereocenters. The van der Waals surface area contributed by atoms with Gasteiger partial charge in [0.05, 0.1) is 12.0 Å². The minimum absolute atomic E-state index is 0. The number of hydrogen-bond donors (Lipinski definition) is 0. The second kappa shape index (κ2) is 7.14. The van der Waals surface area contributed by atoms with Gasteiger partial charge in [0.25, 0.3) is 0 Å². The number of halogens is 2. The van der Waals surface area contributed by atoms with Crippen LogP contribution in [0.1, 0.15) is 35.2 Å². The minimum Gasteiger partial charge on any atom is -0.486 e. The average Bonchev–Trinajstić information content (AvgIpc) is 2.58. The van der Waals surface area contributed by atoms with Crippen molar-refractivity contribution in [3.05, 3.63) is 65.5 Å². The van der Waals surface area contributed by atoms with Crippen LogP contribution in [-0.2, 0) is 6.54 Å². The van der Waals surface area contributed by atoms with Gasteiger partial charge in [0.15, 0.2) is 5.78 Å². The van der Waals surface area contributed by atoms with Gasteiger partial charge < -0.3 is 4.74 Å². The first kappa shape index (κ1) is 17.9. The summed E-state index contributed by atoms with van der Waals surface area (Å²) in [6.45, 7) is 2.68. The molecule has 0 saturated carbocycles. The number of carbonyl (C=O) groups is 1. The van der Waals surface area contributed by atoms with Crippen LogP contribution in [0.25, 0.3) is 0 Å². The van der Waals surface area contributed by atoms with Crippen molar-refractivity contribution >= 4 is 18.2 Å². The van der Waals surface area contributed by atoms with Crippen molar-refractivity contribution in [2.24, 2.45) is 0 Å². The zero-order chi connectivity index (χ0) is 16.6. The van der Waals surface area contributed by atoms with Crippen molar-refractivity contribution < 1.29 is 13.9 Å². The van der Waals surface area contributed by atoms with Gasteiger partial charge >= 0.3 is 0 Å². The van der Waals surface area contributed by atoms with E-state index >= 15 is 0 Å². The van der Waals surface area contributed by atoms with Gasteiger partial charge in [0.1, 0.15) is 17.2 Å². The standard InChI is InChI=1S/C20H20FNO2.ClH/c21-16-6-7-17-18(23)13-20(24-19(17)12-16)8-10-22(11-9-20)14-15-4-2-1-3-5-15;/h1-7,12H,8-11,13-14H2;1H. The Balaban J connectivity index is 0.00000182. The molecule has 3 nitrogen and oxygen atoms in total. The van der Waals surface area contributed by atoms with Crippen LogP contribution < -0.4 is 4.74 Å². The van der Waals surface area contributed by atoms with E-state index in [-0.39, 0.29) is 24.0 Å². The van der Waals surface area contributed by atoms with Crippen LogP contribution in [0.15, 0.2) is 48.5 Å². The Hall–Kier alpha value is -1.91. The van der Waals surface area contributed by atoms with E-state index in [4.69, 9.17) is 4.74 Å². The number of rotatable bonds is 2. The minimum atomic E-state index is -0.467. The maximum absolute atomic E-state index is 13.5. The zero-order valence-electron chi connectivity index (χ0n) is 13.9. The van der Waals surface area contributed by atoms with Crippen molar-refractivity contribution in [3.8, 4) is 5.75 Å². The summed E-state index contributed by atoms with van der Waals surface area (Å²) < 4.78 is 19.6. The quantitative estimate of drug-likeness (QED) is 0.801. The molecule has 2 aliphatic heterocycles. The van der Waals surface area contributed by atoms with Gasteiger partial charge in [0.2, 0.25) is 0 Å². The Morgan fingerprint density at radius 3 is 2.52 bits per heavy atom. The lowest BCUT2D eigenvalue weighted by Gasteiger charge is -2.44. The summed E-state index contributed by atoms with van der Waals surface area (Å²) in [6.07, 6.45) is 1.98. The zero-order valence-corrected chi connectivity index (χ0v) is 14.7. The van der Waals surface area contributed by atoms with Crippen molar-refractivity contribution in [2.45, 2.75) is 31.4 Å². The normalized spacial score (nSPS) is 19.0. The molecule has 2 aromatic rings. The second-order valence-electron chi connectivity index (χ2n) is 6.79. The Labute approximate surface area is 153 Å². The summed E-state index contributed by atoms with van der Waals surface area (Å²) in [5.41, 5.74) is 1.33. The largest absolute Gasteiger partial charge is 0.486 e. The van der Waals surface area contributed by atoms with Crippen LogP contribution in [0, 0.1) is 5.82 Å². The Kier molecular flexibility index (Phi) is 5.11. The van der Waals surface area contributed by atoms with E-state index in [0.29, 0.717) is 17.7 Å². The molecule has 2 aromatic carbocycles. The smallest absolute Gasteiger partial charge is 0.170 e. The monoisotopic (exact) mass is 361 g/mol. The molecule has 5 heteroatoms. The van der Waals surface area contributed by atoms with Gasteiger partial charge in [0, 0.05) is 38.5 Å². The predicted octanol–water partition coefficient (Wildman–Crippen LogP) is 4.25. The van der Waals surface area contributed by atoms with Crippen molar-refractivity contribution in [1.82, 2.24) is 4.90 Å². The molecule has 1 saturated heterocycles. The third-order valence-corrected chi connectivity index (χ3v) is 5.07. The van der Waals surface area contributed by atoms with E-state index in [1.807, 2.05) is 6.07 Å². The van der Waals surface area contributed by atoms with E-state index in [1.165, 1.54) is 23.8 Å². The molecule has 0 amide bonds. The van der Waals surface area contributed by atoms with Gasteiger partial charge in [-0.1, -0.05) is 30.3 Å². The van der Waals surface area contributed by atoms with E-state index in [1.54, 1.807) is 0 Å². The number of likely N-dealkylation sites (tertiary alicyclic amines) is 1. The lowest BCUT2D eigenvalue weighted by atomic mass is 9.82. The third-order valence-electron chi connectivity index (χ3n) is 5.07. The number of piperidine rings is 1. The van der Waals surface area contributed by atoms with Crippen molar-refractivity contribution in [1.29, 1.82) is 0 Å².